The average molecular weight is 295 g/mol. The number of halogens is 3. The lowest BCUT2D eigenvalue weighted by molar-refractivity contribution is -0.136. The Labute approximate surface area is 118 Å². The van der Waals surface area contributed by atoms with Gasteiger partial charge in [-0.15, -0.1) is 5.16 Å². The van der Waals surface area contributed by atoms with Gasteiger partial charge < -0.3 is 10.5 Å². The lowest BCUT2D eigenvalue weighted by atomic mass is 10.1. The third-order valence-electron chi connectivity index (χ3n) is 2.72. The Morgan fingerprint density at radius 3 is 2.57 bits per heavy atom. The molecule has 0 spiro atoms. The van der Waals surface area contributed by atoms with E-state index in [0.29, 0.717) is 17.8 Å². The van der Waals surface area contributed by atoms with Crippen molar-refractivity contribution in [1.82, 2.24) is 4.98 Å². The molecule has 0 amide bonds. The predicted molar refractivity (Wildman–Crippen MR) is 72.9 cm³/mol. The summed E-state index contributed by atoms with van der Waals surface area (Å²) < 4.78 is 38.6. The highest BCUT2D eigenvalue weighted by Crippen LogP contribution is 2.35. The molecule has 1 aromatic heterocycles. The Bertz CT molecular complexity index is 624. The molecule has 21 heavy (non-hydrogen) atoms. The Balaban J connectivity index is 2.19. The molecule has 0 fully saturated rings. The minimum absolute atomic E-state index is 0.0310. The monoisotopic (exact) mass is 295 g/mol. The molecule has 1 heterocycles. The number of anilines is 2. The van der Waals surface area contributed by atoms with Gasteiger partial charge in [-0.25, -0.2) is 0 Å². The van der Waals surface area contributed by atoms with Crippen LogP contribution < -0.4 is 5.32 Å². The van der Waals surface area contributed by atoms with Gasteiger partial charge in [0.2, 0.25) is 0 Å². The van der Waals surface area contributed by atoms with E-state index in [0.717, 1.165) is 6.07 Å². The first-order valence-electron chi connectivity index (χ1n) is 6.05. The Morgan fingerprint density at radius 2 is 1.95 bits per heavy atom. The lowest BCUT2D eigenvalue weighted by Crippen LogP contribution is -2.08. The van der Waals surface area contributed by atoms with Crippen molar-refractivity contribution in [2.24, 2.45) is 5.16 Å². The van der Waals surface area contributed by atoms with Crippen molar-refractivity contribution in [2.75, 3.05) is 5.32 Å². The first kappa shape index (κ1) is 14.8. The van der Waals surface area contributed by atoms with E-state index >= 15 is 0 Å². The summed E-state index contributed by atoms with van der Waals surface area (Å²) in [4.78, 5) is 4.06. The van der Waals surface area contributed by atoms with Gasteiger partial charge in [0, 0.05) is 18.3 Å². The van der Waals surface area contributed by atoms with Crippen LogP contribution in [0.5, 0.6) is 0 Å². The van der Waals surface area contributed by atoms with Crippen LogP contribution in [0.3, 0.4) is 0 Å². The highest BCUT2D eigenvalue weighted by atomic mass is 19.4. The maximum atomic E-state index is 12.9. The lowest BCUT2D eigenvalue weighted by Gasteiger charge is -2.14. The van der Waals surface area contributed by atoms with E-state index in [1.54, 1.807) is 12.1 Å². The zero-order valence-electron chi connectivity index (χ0n) is 10.8. The summed E-state index contributed by atoms with van der Waals surface area (Å²) in [6.07, 6.45) is -1.38. The third kappa shape index (κ3) is 3.95. The Morgan fingerprint density at radius 1 is 1.19 bits per heavy atom. The van der Waals surface area contributed by atoms with E-state index in [1.165, 1.54) is 30.6 Å². The summed E-state index contributed by atoms with van der Waals surface area (Å²) in [7, 11) is 0. The summed E-state index contributed by atoms with van der Waals surface area (Å²) in [5.41, 5.74) is 0.316. The van der Waals surface area contributed by atoms with Crippen molar-refractivity contribution in [1.29, 1.82) is 0 Å². The fraction of sp³-hybridized carbons (Fsp3) is 0.143. The number of aromatic nitrogens is 1. The molecule has 2 rings (SSSR count). The summed E-state index contributed by atoms with van der Waals surface area (Å²) in [5, 5.41) is 13.9. The molecule has 0 atom stereocenters. The van der Waals surface area contributed by atoms with Crippen molar-refractivity contribution >= 4 is 17.6 Å². The number of hydrogen-bond donors (Lipinski definition) is 2. The van der Waals surface area contributed by atoms with Gasteiger partial charge >= 0.3 is 6.18 Å². The van der Waals surface area contributed by atoms with E-state index in [4.69, 9.17) is 5.21 Å². The molecule has 0 bridgehead atoms. The largest absolute Gasteiger partial charge is 0.418 e. The normalized spacial score (nSPS) is 11.8. The van der Waals surface area contributed by atoms with E-state index in [9.17, 15) is 13.2 Å². The van der Waals surface area contributed by atoms with Crippen LogP contribution in [-0.4, -0.2) is 16.4 Å². The van der Waals surface area contributed by atoms with Crippen LogP contribution in [0.1, 0.15) is 11.3 Å². The second-order valence-electron chi connectivity index (χ2n) is 4.21. The number of pyridine rings is 1. The molecule has 0 saturated heterocycles. The zero-order chi connectivity index (χ0) is 15.3. The SMILES string of the molecule is O/N=C\Cc1ccc(Nc2ccccc2C(F)(F)F)cn1. The zero-order valence-corrected chi connectivity index (χ0v) is 10.8. The first-order chi connectivity index (χ1) is 10.0. The van der Waals surface area contributed by atoms with Gasteiger partial charge in [-0.05, 0) is 24.3 Å². The molecule has 0 radical (unpaired) electrons. The summed E-state index contributed by atoms with van der Waals surface area (Å²) in [6.45, 7) is 0. The standard InChI is InChI=1S/C14H12F3N3O/c15-14(16,17)12-3-1-2-4-13(12)20-11-6-5-10(18-9-11)7-8-19-21/h1-6,8-9,20-21H,7H2/b19-8-. The molecule has 2 aromatic rings. The maximum Gasteiger partial charge on any atom is 0.418 e. The number of para-hydroxylation sites is 1. The van der Waals surface area contributed by atoms with Gasteiger partial charge in [-0.1, -0.05) is 12.1 Å². The van der Waals surface area contributed by atoms with E-state index < -0.39 is 11.7 Å². The second kappa shape index (κ2) is 6.25. The third-order valence-corrected chi connectivity index (χ3v) is 2.72. The van der Waals surface area contributed by atoms with E-state index in [2.05, 4.69) is 15.5 Å². The Kier molecular flexibility index (Phi) is 4.42. The maximum absolute atomic E-state index is 12.9. The van der Waals surface area contributed by atoms with Crippen LogP contribution >= 0.6 is 0 Å². The topological polar surface area (TPSA) is 57.5 Å². The predicted octanol–water partition coefficient (Wildman–Crippen LogP) is 3.85. The number of hydrogen-bond acceptors (Lipinski definition) is 4. The quantitative estimate of drug-likeness (QED) is 0.512. The summed E-state index contributed by atoms with van der Waals surface area (Å²) in [6, 6.07) is 8.48. The van der Waals surface area contributed by atoms with Gasteiger partial charge in [0.05, 0.1) is 23.1 Å². The van der Waals surface area contributed by atoms with Crippen LogP contribution in [0.15, 0.2) is 47.8 Å². The van der Waals surface area contributed by atoms with Crippen LogP contribution in [0.2, 0.25) is 0 Å². The van der Waals surface area contributed by atoms with Gasteiger partial charge in [-0.3, -0.25) is 4.98 Å². The number of benzene rings is 1. The number of rotatable bonds is 4. The van der Waals surface area contributed by atoms with Gasteiger partial charge in [0.15, 0.2) is 0 Å². The van der Waals surface area contributed by atoms with Crippen molar-refractivity contribution in [3.05, 3.63) is 53.9 Å². The molecular formula is C14H12F3N3O. The van der Waals surface area contributed by atoms with E-state index in [1.807, 2.05) is 0 Å². The molecule has 1 aromatic carbocycles. The van der Waals surface area contributed by atoms with Crippen molar-refractivity contribution in [2.45, 2.75) is 12.6 Å². The number of nitrogens with zero attached hydrogens (tertiary/aromatic N) is 2. The highest BCUT2D eigenvalue weighted by molar-refractivity contribution is 5.64. The molecule has 0 aliphatic heterocycles. The summed E-state index contributed by atoms with van der Waals surface area (Å²) in [5.74, 6) is 0. The van der Waals surface area contributed by atoms with Gasteiger partial charge in [0.25, 0.3) is 0 Å². The first-order valence-corrected chi connectivity index (χ1v) is 6.05. The highest BCUT2D eigenvalue weighted by Gasteiger charge is 2.33. The van der Waals surface area contributed by atoms with Crippen LogP contribution in [0.4, 0.5) is 24.5 Å². The molecule has 0 saturated carbocycles. The number of nitrogens with one attached hydrogen (secondary N) is 1. The van der Waals surface area contributed by atoms with Crippen LogP contribution in [0, 0.1) is 0 Å². The molecule has 2 N–H and O–H groups in total. The minimum Gasteiger partial charge on any atom is -0.411 e. The van der Waals surface area contributed by atoms with Crippen molar-refractivity contribution < 1.29 is 18.4 Å². The fourth-order valence-corrected chi connectivity index (χ4v) is 1.75. The molecule has 7 heteroatoms. The smallest absolute Gasteiger partial charge is 0.411 e. The summed E-state index contributed by atoms with van der Waals surface area (Å²) >= 11 is 0. The minimum atomic E-state index is -4.42. The van der Waals surface area contributed by atoms with Gasteiger partial charge in [0.1, 0.15) is 0 Å². The molecular weight excluding hydrogens is 283 g/mol. The molecule has 0 aliphatic carbocycles. The molecule has 110 valence electrons. The Hall–Kier alpha value is -2.57. The van der Waals surface area contributed by atoms with Crippen LogP contribution in [0.25, 0.3) is 0 Å². The van der Waals surface area contributed by atoms with Crippen molar-refractivity contribution in [3.8, 4) is 0 Å². The number of oxime groups is 1. The second-order valence-corrected chi connectivity index (χ2v) is 4.21. The van der Waals surface area contributed by atoms with Crippen molar-refractivity contribution in [3.63, 3.8) is 0 Å². The number of alkyl halides is 3. The average Bonchev–Trinajstić information content (AvgIpc) is 2.46. The van der Waals surface area contributed by atoms with Gasteiger partial charge in [-0.2, -0.15) is 13.2 Å². The molecule has 4 nitrogen and oxygen atoms in total. The van der Waals surface area contributed by atoms with Crippen LogP contribution in [-0.2, 0) is 12.6 Å². The molecule has 0 aliphatic rings. The fourth-order valence-electron chi connectivity index (χ4n) is 1.75. The molecule has 0 unspecified atom stereocenters. The van der Waals surface area contributed by atoms with E-state index in [-0.39, 0.29) is 5.69 Å².